The highest BCUT2D eigenvalue weighted by molar-refractivity contribution is 7.83. The first-order chi connectivity index (χ1) is 17.3. The lowest BCUT2D eigenvalue weighted by molar-refractivity contribution is 0.0438. The maximum atomic E-state index is 13.4. The summed E-state index contributed by atoms with van der Waals surface area (Å²) < 4.78 is 21.1. The van der Waals surface area contributed by atoms with Gasteiger partial charge in [0, 0.05) is 32.2 Å². The molecule has 2 saturated heterocycles. The van der Waals surface area contributed by atoms with Gasteiger partial charge in [-0.1, -0.05) is 18.5 Å². The van der Waals surface area contributed by atoms with E-state index < -0.39 is 21.8 Å². The van der Waals surface area contributed by atoms with E-state index in [4.69, 9.17) is 16.3 Å². The molecule has 1 aliphatic carbocycles. The molecule has 3 unspecified atom stereocenters. The van der Waals surface area contributed by atoms with Gasteiger partial charge in [-0.3, -0.25) is 14.5 Å². The molecule has 0 aromatic heterocycles. The second kappa shape index (κ2) is 10.4. The summed E-state index contributed by atoms with van der Waals surface area (Å²) in [5.74, 6) is -0.288. The summed E-state index contributed by atoms with van der Waals surface area (Å²) in [6, 6.07) is 3.59. The first kappa shape index (κ1) is 25.7. The van der Waals surface area contributed by atoms with E-state index in [9.17, 15) is 18.9 Å². The second-order valence-corrected chi connectivity index (χ2v) is 11.8. The van der Waals surface area contributed by atoms with E-state index >= 15 is 0 Å². The first-order valence-electron chi connectivity index (χ1n) is 12.7. The molecule has 3 fully saturated rings. The molecule has 0 radical (unpaired) electrons. The van der Waals surface area contributed by atoms with Crippen molar-refractivity contribution in [1.82, 2.24) is 9.21 Å². The number of anilines is 3. The fourth-order valence-corrected chi connectivity index (χ4v) is 6.79. The van der Waals surface area contributed by atoms with Gasteiger partial charge in [0.05, 0.1) is 29.0 Å². The molecule has 0 bridgehead atoms. The highest BCUT2D eigenvalue weighted by Gasteiger charge is 2.35. The Hall–Kier alpha value is -1.98. The standard InChI is InChI=1S/C25H33ClN4O5S/c1-3-17(19-9-4-14(2)35-19)27-20-21(24(33)23(20)32)28-18-8-7-16(26)25(22(18)31)36(34)30-12-10-29(11-13-30)15-5-6-15/h7-8,14-15,17,19,27-28,31H,3-6,9-13H2,1-2H3/t14?,17-,19?,36?/m1/s1. The quantitative estimate of drug-likeness (QED) is 0.331. The summed E-state index contributed by atoms with van der Waals surface area (Å²) in [6.45, 7) is 6.90. The molecule has 2 aromatic rings. The van der Waals surface area contributed by atoms with E-state index in [-0.39, 0.29) is 51.0 Å². The molecule has 4 atom stereocenters. The third kappa shape index (κ3) is 4.93. The van der Waals surface area contributed by atoms with Gasteiger partial charge in [0.1, 0.15) is 27.3 Å². The minimum Gasteiger partial charge on any atom is -0.504 e. The zero-order chi connectivity index (χ0) is 25.6. The average molecular weight is 537 g/mol. The molecule has 2 aromatic carbocycles. The maximum Gasteiger partial charge on any atom is 0.253 e. The Kier molecular flexibility index (Phi) is 7.42. The molecule has 5 rings (SSSR count). The van der Waals surface area contributed by atoms with Crippen molar-refractivity contribution in [1.29, 1.82) is 0 Å². The van der Waals surface area contributed by atoms with Crippen molar-refractivity contribution in [3.63, 3.8) is 0 Å². The second-order valence-electron chi connectivity index (χ2n) is 9.97. The van der Waals surface area contributed by atoms with E-state index in [0.717, 1.165) is 32.4 Å². The zero-order valence-corrected chi connectivity index (χ0v) is 22.2. The predicted octanol–water partition coefficient (Wildman–Crippen LogP) is 2.95. The molecule has 3 aliphatic rings. The topological polar surface area (TPSA) is 111 Å². The molecule has 11 heteroatoms. The lowest BCUT2D eigenvalue weighted by atomic mass is 10.0. The van der Waals surface area contributed by atoms with E-state index in [1.54, 1.807) is 6.07 Å². The van der Waals surface area contributed by atoms with Gasteiger partial charge in [-0.05, 0) is 51.2 Å². The molecular weight excluding hydrogens is 504 g/mol. The Labute approximate surface area is 218 Å². The van der Waals surface area contributed by atoms with Gasteiger partial charge < -0.3 is 20.5 Å². The number of benzene rings is 1. The number of rotatable bonds is 9. The largest absolute Gasteiger partial charge is 0.504 e. The first-order valence-corrected chi connectivity index (χ1v) is 14.2. The monoisotopic (exact) mass is 536 g/mol. The van der Waals surface area contributed by atoms with Crippen molar-refractivity contribution in [3.05, 3.63) is 37.6 Å². The molecule has 196 valence electrons. The molecule has 9 nitrogen and oxygen atoms in total. The van der Waals surface area contributed by atoms with Crippen LogP contribution in [0.25, 0.3) is 0 Å². The van der Waals surface area contributed by atoms with Crippen molar-refractivity contribution in [3.8, 4) is 5.75 Å². The summed E-state index contributed by atoms with van der Waals surface area (Å²) in [7, 11) is -1.67. The number of hydrogen-bond acceptors (Lipinski definition) is 8. The fourth-order valence-electron chi connectivity index (χ4n) is 5.17. The van der Waals surface area contributed by atoms with Crippen LogP contribution < -0.4 is 21.5 Å². The highest BCUT2D eigenvalue weighted by Crippen LogP contribution is 2.39. The number of ether oxygens (including phenoxy) is 1. The molecular formula is C25H33ClN4O5S. The van der Waals surface area contributed by atoms with E-state index in [1.165, 1.54) is 18.9 Å². The van der Waals surface area contributed by atoms with Crippen LogP contribution in [0.1, 0.15) is 46.0 Å². The number of aromatic hydroxyl groups is 1. The van der Waals surface area contributed by atoms with Crippen molar-refractivity contribution in [2.75, 3.05) is 36.8 Å². The molecule has 3 N–H and O–H groups in total. The van der Waals surface area contributed by atoms with Gasteiger partial charge in [-0.25, -0.2) is 8.51 Å². The summed E-state index contributed by atoms with van der Waals surface area (Å²) in [6.07, 6.45) is 5.13. The molecule has 0 amide bonds. The number of phenols is 1. The summed E-state index contributed by atoms with van der Waals surface area (Å²) in [5.41, 5.74) is -0.831. The lowest BCUT2D eigenvalue weighted by Gasteiger charge is -2.34. The minimum absolute atomic E-state index is 0.0411. The summed E-state index contributed by atoms with van der Waals surface area (Å²) >= 11 is 6.36. The molecule has 1 saturated carbocycles. The van der Waals surface area contributed by atoms with Crippen LogP contribution >= 0.6 is 11.6 Å². The third-order valence-corrected chi connectivity index (χ3v) is 9.51. The molecule has 2 heterocycles. The van der Waals surface area contributed by atoms with E-state index in [1.807, 2.05) is 18.2 Å². The lowest BCUT2D eigenvalue weighted by Crippen LogP contribution is -2.47. The van der Waals surface area contributed by atoms with Crippen LogP contribution in [-0.2, 0) is 15.7 Å². The number of piperazine rings is 1. The maximum absolute atomic E-state index is 13.4. The molecule has 2 aliphatic heterocycles. The summed E-state index contributed by atoms with van der Waals surface area (Å²) in [4.78, 5) is 27.3. The number of halogens is 1. The Morgan fingerprint density at radius 2 is 1.81 bits per heavy atom. The normalized spacial score (nSPS) is 25.2. The van der Waals surface area contributed by atoms with Gasteiger partial charge in [0.25, 0.3) is 10.9 Å². The van der Waals surface area contributed by atoms with Crippen LogP contribution in [0.2, 0.25) is 5.02 Å². The molecule has 0 spiro atoms. The van der Waals surface area contributed by atoms with E-state index in [0.29, 0.717) is 19.1 Å². The Morgan fingerprint density at radius 1 is 1.11 bits per heavy atom. The van der Waals surface area contributed by atoms with Crippen molar-refractivity contribution < 1.29 is 14.1 Å². The van der Waals surface area contributed by atoms with Gasteiger partial charge >= 0.3 is 0 Å². The van der Waals surface area contributed by atoms with E-state index in [2.05, 4.69) is 15.5 Å². The van der Waals surface area contributed by atoms with Crippen molar-refractivity contribution >= 4 is 39.6 Å². The number of nitrogens with zero attached hydrogens (tertiary/aromatic N) is 2. The average Bonchev–Trinajstić information content (AvgIpc) is 3.65. The smallest absolute Gasteiger partial charge is 0.253 e. The van der Waals surface area contributed by atoms with Gasteiger partial charge in [-0.2, -0.15) is 0 Å². The summed E-state index contributed by atoms with van der Waals surface area (Å²) in [5, 5.41) is 17.3. The van der Waals surface area contributed by atoms with Crippen LogP contribution in [-0.4, -0.2) is 69.0 Å². The number of nitrogens with one attached hydrogen (secondary N) is 2. The minimum atomic E-state index is -1.67. The van der Waals surface area contributed by atoms with Crippen molar-refractivity contribution in [2.45, 2.75) is 75.1 Å². The number of hydrogen-bond donors (Lipinski definition) is 3. The Morgan fingerprint density at radius 3 is 2.42 bits per heavy atom. The van der Waals surface area contributed by atoms with Crippen LogP contribution in [0.5, 0.6) is 5.75 Å². The molecule has 36 heavy (non-hydrogen) atoms. The Bertz CT molecular complexity index is 1220. The zero-order valence-electron chi connectivity index (χ0n) is 20.6. The van der Waals surface area contributed by atoms with Gasteiger partial charge in [0.2, 0.25) is 0 Å². The third-order valence-electron chi connectivity index (χ3n) is 7.48. The van der Waals surface area contributed by atoms with Gasteiger partial charge in [0.15, 0.2) is 5.75 Å². The fraction of sp³-hybridized carbons (Fsp3) is 0.600. The SMILES string of the molecule is CC[C@@H](Nc1c(Nc2ccc(Cl)c(S(=O)N3CCN(C4CC4)CC3)c2O)c(=O)c1=O)C1CCC(C)O1. The van der Waals surface area contributed by atoms with Crippen LogP contribution in [0.4, 0.5) is 17.1 Å². The Balaban J connectivity index is 1.33. The van der Waals surface area contributed by atoms with Gasteiger partial charge in [-0.15, -0.1) is 0 Å². The van der Waals surface area contributed by atoms with Crippen molar-refractivity contribution in [2.24, 2.45) is 0 Å². The van der Waals surface area contributed by atoms with Crippen LogP contribution in [0.3, 0.4) is 0 Å². The van der Waals surface area contributed by atoms with Crippen LogP contribution in [0.15, 0.2) is 26.6 Å². The predicted molar refractivity (Wildman–Crippen MR) is 142 cm³/mol. The number of phenolic OH excluding ortho intramolecular Hbond substituents is 1. The highest BCUT2D eigenvalue weighted by atomic mass is 35.5. The van der Waals surface area contributed by atoms with Crippen LogP contribution in [0, 0.1) is 0 Å².